The summed E-state index contributed by atoms with van der Waals surface area (Å²) in [7, 11) is 1.63. The summed E-state index contributed by atoms with van der Waals surface area (Å²) in [4.78, 5) is 15.6. The second-order valence-electron chi connectivity index (χ2n) is 3.88. The van der Waals surface area contributed by atoms with E-state index in [9.17, 15) is 4.79 Å². The highest BCUT2D eigenvalue weighted by molar-refractivity contribution is 5.87. The Kier molecular flexibility index (Phi) is 4.13. The molecule has 19 heavy (non-hydrogen) atoms. The molecule has 0 radical (unpaired) electrons. The number of rotatable bonds is 4. The zero-order chi connectivity index (χ0) is 13.7. The fourth-order valence-corrected chi connectivity index (χ4v) is 1.67. The lowest BCUT2D eigenvalue weighted by atomic mass is 10.1. The molecule has 0 N–H and O–H groups in total. The summed E-state index contributed by atoms with van der Waals surface area (Å²) < 4.78 is 9.99. The van der Waals surface area contributed by atoms with E-state index in [1.165, 1.54) is 0 Å². The Labute approximate surface area is 112 Å². The van der Waals surface area contributed by atoms with Gasteiger partial charge in [-0.3, -0.25) is 0 Å². The van der Waals surface area contributed by atoms with Crippen LogP contribution in [0.25, 0.3) is 11.1 Å². The van der Waals surface area contributed by atoms with Crippen molar-refractivity contribution in [3.63, 3.8) is 0 Å². The molecule has 1 heterocycles. The van der Waals surface area contributed by atoms with Gasteiger partial charge >= 0.3 is 5.97 Å². The molecule has 0 aliphatic rings. The second-order valence-corrected chi connectivity index (χ2v) is 3.88. The first-order valence-corrected chi connectivity index (χ1v) is 6.02. The molecule has 0 aliphatic carbocycles. The van der Waals surface area contributed by atoms with Crippen LogP contribution in [-0.4, -0.2) is 24.7 Å². The van der Waals surface area contributed by atoms with Gasteiger partial charge in [0.05, 0.1) is 13.7 Å². The van der Waals surface area contributed by atoms with E-state index in [1.54, 1.807) is 26.3 Å². The van der Waals surface area contributed by atoms with Gasteiger partial charge in [0.2, 0.25) is 0 Å². The summed E-state index contributed by atoms with van der Waals surface area (Å²) in [5.41, 5.74) is 2.28. The highest BCUT2D eigenvalue weighted by Gasteiger charge is 2.08. The van der Waals surface area contributed by atoms with Crippen molar-refractivity contribution in [3.8, 4) is 16.9 Å². The van der Waals surface area contributed by atoms with Gasteiger partial charge < -0.3 is 9.47 Å². The maximum atomic E-state index is 11.5. The van der Waals surface area contributed by atoms with Gasteiger partial charge in [-0.2, -0.15) is 0 Å². The standard InChI is InChI=1S/C15H15NO3/c1-3-19-15(17)14-9-6-12(10-16-14)11-4-7-13(18-2)8-5-11/h4-10H,3H2,1-2H3. The van der Waals surface area contributed by atoms with Crippen molar-refractivity contribution in [2.24, 2.45) is 0 Å². The Morgan fingerprint density at radius 3 is 2.32 bits per heavy atom. The number of aromatic nitrogens is 1. The molecule has 2 aromatic rings. The molecule has 98 valence electrons. The Morgan fingerprint density at radius 1 is 1.11 bits per heavy atom. The van der Waals surface area contributed by atoms with Gasteiger partial charge in [0, 0.05) is 11.8 Å². The molecule has 0 atom stereocenters. The number of esters is 1. The zero-order valence-corrected chi connectivity index (χ0v) is 10.9. The molecule has 0 aliphatic heterocycles. The van der Waals surface area contributed by atoms with E-state index in [0.29, 0.717) is 12.3 Å². The van der Waals surface area contributed by atoms with Crippen LogP contribution in [0.5, 0.6) is 5.75 Å². The molecule has 0 bridgehead atoms. The number of ether oxygens (including phenoxy) is 2. The molecule has 4 nitrogen and oxygen atoms in total. The van der Waals surface area contributed by atoms with E-state index in [0.717, 1.165) is 16.9 Å². The molecular weight excluding hydrogens is 242 g/mol. The lowest BCUT2D eigenvalue weighted by molar-refractivity contribution is 0.0519. The molecule has 0 fully saturated rings. The number of hydrogen-bond acceptors (Lipinski definition) is 4. The molecule has 1 aromatic carbocycles. The Hall–Kier alpha value is -2.36. The molecular formula is C15H15NO3. The van der Waals surface area contributed by atoms with Crippen LogP contribution in [0.15, 0.2) is 42.6 Å². The molecule has 0 amide bonds. The summed E-state index contributed by atoms with van der Waals surface area (Å²) in [6.45, 7) is 2.12. The summed E-state index contributed by atoms with van der Waals surface area (Å²) in [5.74, 6) is 0.406. The summed E-state index contributed by atoms with van der Waals surface area (Å²) >= 11 is 0. The van der Waals surface area contributed by atoms with E-state index >= 15 is 0 Å². The monoisotopic (exact) mass is 257 g/mol. The lowest BCUT2D eigenvalue weighted by Crippen LogP contribution is -2.06. The number of benzene rings is 1. The maximum Gasteiger partial charge on any atom is 0.356 e. The van der Waals surface area contributed by atoms with Gasteiger partial charge in [-0.1, -0.05) is 18.2 Å². The molecule has 1 aromatic heterocycles. The normalized spacial score (nSPS) is 10.0. The summed E-state index contributed by atoms with van der Waals surface area (Å²) in [6.07, 6.45) is 1.66. The highest BCUT2D eigenvalue weighted by Crippen LogP contribution is 2.21. The summed E-state index contributed by atoms with van der Waals surface area (Å²) in [5, 5.41) is 0. The fourth-order valence-electron chi connectivity index (χ4n) is 1.67. The van der Waals surface area contributed by atoms with Crippen LogP contribution in [-0.2, 0) is 4.74 Å². The van der Waals surface area contributed by atoms with E-state index in [2.05, 4.69) is 4.98 Å². The lowest BCUT2D eigenvalue weighted by Gasteiger charge is -2.05. The third-order valence-corrected chi connectivity index (χ3v) is 2.67. The van der Waals surface area contributed by atoms with Gasteiger partial charge in [-0.25, -0.2) is 9.78 Å². The zero-order valence-electron chi connectivity index (χ0n) is 10.9. The van der Waals surface area contributed by atoms with E-state index in [1.807, 2.05) is 30.3 Å². The predicted octanol–water partition coefficient (Wildman–Crippen LogP) is 2.93. The van der Waals surface area contributed by atoms with Gasteiger partial charge in [-0.15, -0.1) is 0 Å². The molecule has 0 unspecified atom stereocenters. The van der Waals surface area contributed by atoms with Gasteiger partial charge in [0.15, 0.2) is 0 Å². The van der Waals surface area contributed by atoms with Crippen LogP contribution in [0.2, 0.25) is 0 Å². The third kappa shape index (κ3) is 3.10. The molecule has 0 saturated heterocycles. The highest BCUT2D eigenvalue weighted by atomic mass is 16.5. The minimum atomic E-state index is -0.399. The van der Waals surface area contributed by atoms with Crippen LogP contribution in [0.4, 0.5) is 0 Å². The van der Waals surface area contributed by atoms with E-state index < -0.39 is 5.97 Å². The summed E-state index contributed by atoms with van der Waals surface area (Å²) in [6, 6.07) is 11.2. The predicted molar refractivity (Wildman–Crippen MR) is 72.2 cm³/mol. The van der Waals surface area contributed by atoms with Crippen LogP contribution >= 0.6 is 0 Å². The average molecular weight is 257 g/mol. The number of methoxy groups -OCH3 is 1. The Morgan fingerprint density at radius 2 is 1.79 bits per heavy atom. The SMILES string of the molecule is CCOC(=O)c1ccc(-c2ccc(OC)cc2)cn1. The van der Waals surface area contributed by atoms with Gasteiger partial charge in [0.25, 0.3) is 0 Å². The van der Waals surface area contributed by atoms with Crippen molar-refractivity contribution in [3.05, 3.63) is 48.3 Å². The molecule has 0 spiro atoms. The maximum absolute atomic E-state index is 11.5. The topological polar surface area (TPSA) is 48.4 Å². The smallest absolute Gasteiger partial charge is 0.356 e. The van der Waals surface area contributed by atoms with Gasteiger partial charge in [-0.05, 0) is 30.7 Å². The number of nitrogens with zero attached hydrogens (tertiary/aromatic N) is 1. The largest absolute Gasteiger partial charge is 0.497 e. The Bertz CT molecular complexity index is 547. The first kappa shape index (κ1) is 13.1. The van der Waals surface area contributed by atoms with Gasteiger partial charge in [0.1, 0.15) is 11.4 Å². The van der Waals surface area contributed by atoms with E-state index in [4.69, 9.17) is 9.47 Å². The quantitative estimate of drug-likeness (QED) is 0.790. The first-order valence-electron chi connectivity index (χ1n) is 6.02. The van der Waals surface area contributed by atoms with Crippen LogP contribution < -0.4 is 4.74 Å². The second kappa shape index (κ2) is 6.00. The molecule has 0 saturated carbocycles. The Balaban J connectivity index is 2.19. The fraction of sp³-hybridized carbons (Fsp3) is 0.200. The van der Waals surface area contributed by atoms with Crippen molar-refractivity contribution < 1.29 is 14.3 Å². The first-order chi connectivity index (χ1) is 9.24. The number of pyridine rings is 1. The van der Waals surface area contributed by atoms with Crippen LogP contribution in [0.3, 0.4) is 0 Å². The van der Waals surface area contributed by atoms with Crippen molar-refractivity contribution in [1.82, 2.24) is 4.98 Å². The van der Waals surface area contributed by atoms with Crippen molar-refractivity contribution in [2.45, 2.75) is 6.92 Å². The van der Waals surface area contributed by atoms with Crippen molar-refractivity contribution >= 4 is 5.97 Å². The number of hydrogen-bond donors (Lipinski definition) is 0. The van der Waals surface area contributed by atoms with Crippen molar-refractivity contribution in [1.29, 1.82) is 0 Å². The van der Waals surface area contributed by atoms with Crippen molar-refractivity contribution in [2.75, 3.05) is 13.7 Å². The van der Waals surface area contributed by atoms with E-state index in [-0.39, 0.29) is 0 Å². The minimum Gasteiger partial charge on any atom is -0.497 e. The van der Waals surface area contributed by atoms with Crippen LogP contribution in [0, 0.1) is 0 Å². The minimum absolute atomic E-state index is 0.319. The number of carbonyl (C=O) groups is 1. The van der Waals surface area contributed by atoms with Crippen LogP contribution in [0.1, 0.15) is 17.4 Å². The molecule has 4 heteroatoms. The average Bonchev–Trinajstić information content (AvgIpc) is 2.48. The molecule has 2 rings (SSSR count). The number of carbonyl (C=O) groups excluding carboxylic acids is 1. The third-order valence-electron chi connectivity index (χ3n) is 2.67.